The molecule has 0 saturated carbocycles. The molecule has 4 rings (SSSR count). The maximum absolute atomic E-state index is 12.7. The molecule has 1 atom stereocenters. The molecule has 0 saturated heterocycles. The molecule has 0 spiro atoms. The minimum atomic E-state index is -4.70. The van der Waals surface area contributed by atoms with Crippen LogP contribution in [0, 0.1) is 0 Å². The lowest BCUT2D eigenvalue weighted by molar-refractivity contribution is -0.161. The van der Waals surface area contributed by atoms with Gasteiger partial charge >= 0.3 is 12.1 Å². The van der Waals surface area contributed by atoms with Crippen molar-refractivity contribution < 1.29 is 31.9 Å². The molecule has 3 aromatic heterocycles. The monoisotopic (exact) mass is 500 g/mol. The molecule has 0 aliphatic heterocycles. The summed E-state index contributed by atoms with van der Waals surface area (Å²) in [7, 11) is 0. The molecular formula is C20H13Cl2F3N4O4. The first-order valence-corrected chi connectivity index (χ1v) is 10.1. The summed E-state index contributed by atoms with van der Waals surface area (Å²) < 4.78 is 48.7. The van der Waals surface area contributed by atoms with Gasteiger partial charge < -0.3 is 14.5 Å². The number of nitrogens with one attached hydrogen (secondary N) is 1. The Labute approximate surface area is 193 Å². The Morgan fingerprint density at radius 1 is 1.27 bits per heavy atom. The van der Waals surface area contributed by atoms with Crippen LogP contribution >= 0.6 is 23.2 Å². The second kappa shape index (κ2) is 8.56. The maximum atomic E-state index is 12.7. The number of ether oxygens (including phenoxy) is 1. The third kappa shape index (κ3) is 4.60. The van der Waals surface area contributed by atoms with E-state index in [0.29, 0.717) is 5.65 Å². The maximum Gasteiger partial charge on any atom is 0.422 e. The van der Waals surface area contributed by atoms with Gasteiger partial charge in [0, 0.05) is 22.8 Å². The molecule has 0 fully saturated rings. The van der Waals surface area contributed by atoms with Crippen molar-refractivity contribution in [3.8, 4) is 0 Å². The average molecular weight is 501 g/mol. The standard InChI is InChI=1S/C20H13Cl2F3N4O4/c1-9(28-18(30)13-7-27-29-4-2-3-26-17(13)29)15-14(22)11-5-10(21)6-12(16(11)33-15)19(31)32-8-20(23,24)25/h2-7,9H,8H2,1H3,(H,28,30)/t9-/m0/s1. The van der Waals surface area contributed by atoms with Crippen LogP contribution < -0.4 is 5.32 Å². The number of aromatic nitrogens is 3. The van der Waals surface area contributed by atoms with E-state index in [1.807, 2.05) is 0 Å². The number of fused-ring (bicyclic) bond motifs is 2. The van der Waals surface area contributed by atoms with Gasteiger partial charge in [-0.3, -0.25) is 4.79 Å². The van der Waals surface area contributed by atoms with Gasteiger partial charge in [0.2, 0.25) is 0 Å². The summed E-state index contributed by atoms with van der Waals surface area (Å²) in [5.41, 5.74) is 0.0825. The Hall–Kier alpha value is -3.31. The highest BCUT2D eigenvalue weighted by Crippen LogP contribution is 2.38. The summed E-state index contributed by atoms with van der Waals surface area (Å²) in [5.74, 6) is -1.74. The third-order valence-electron chi connectivity index (χ3n) is 4.57. The Balaban J connectivity index is 1.64. The van der Waals surface area contributed by atoms with Gasteiger partial charge in [0.15, 0.2) is 17.8 Å². The van der Waals surface area contributed by atoms with Gasteiger partial charge in [-0.2, -0.15) is 18.3 Å². The van der Waals surface area contributed by atoms with Crippen LogP contribution in [0.15, 0.2) is 41.2 Å². The van der Waals surface area contributed by atoms with Crippen molar-refractivity contribution >= 4 is 51.7 Å². The van der Waals surface area contributed by atoms with Crippen molar-refractivity contribution in [3.63, 3.8) is 0 Å². The van der Waals surface area contributed by atoms with E-state index in [2.05, 4.69) is 20.1 Å². The Bertz CT molecular complexity index is 1380. The molecule has 1 amide bonds. The van der Waals surface area contributed by atoms with E-state index in [1.165, 1.54) is 23.0 Å². The lowest BCUT2D eigenvalue weighted by atomic mass is 10.1. The number of halogens is 5. The molecule has 8 nitrogen and oxygen atoms in total. The lowest BCUT2D eigenvalue weighted by Crippen LogP contribution is -2.26. The van der Waals surface area contributed by atoms with Gasteiger partial charge in [0.25, 0.3) is 5.91 Å². The van der Waals surface area contributed by atoms with Gasteiger partial charge in [-0.15, -0.1) is 0 Å². The quantitative estimate of drug-likeness (QED) is 0.387. The van der Waals surface area contributed by atoms with Crippen molar-refractivity contribution in [2.75, 3.05) is 6.61 Å². The minimum absolute atomic E-state index is 0.0307. The number of hydrogen-bond acceptors (Lipinski definition) is 6. The van der Waals surface area contributed by atoms with Crippen molar-refractivity contribution in [1.29, 1.82) is 0 Å². The molecule has 1 N–H and O–H groups in total. The van der Waals surface area contributed by atoms with E-state index in [4.69, 9.17) is 27.6 Å². The van der Waals surface area contributed by atoms with E-state index < -0.39 is 30.7 Å². The Kier molecular flexibility index (Phi) is 5.93. The van der Waals surface area contributed by atoms with Crippen LogP contribution in [0.3, 0.4) is 0 Å². The van der Waals surface area contributed by atoms with E-state index in [-0.39, 0.29) is 37.9 Å². The number of esters is 1. The Morgan fingerprint density at radius 3 is 2.76 bits per heavy atom. The van der Waals surface area contributed by atoms with Crippen molar-refractivity contribution in [2.24, 2.45) is 0 Å². The Morgan fingerprint density at radius 2 is 2.03 bits per heavy atom. The fourth-order valence-corrected chi connectivity index (χ4v) is 3.70. The summed E-state index contributed by atoms with van der Waals surface area (Å²) >= 11 is 12.4. The number of furan rings is 1. The van der Waals surface area contributed by atoms with Gasteiger partial charge in [0.05, 0.1) is 17.3 Å². The molecule has 13 heteroatoms. The van der Waals surface area contributed by atoms with Gasteiger partial charge in [-0.05, 0) is 25.1 Å². The fourth-order valence-electron chi connectivity index (χ4n) is 3.14. The highest BCUT2D eigenvalue weighted by Gasteiger charge is 2.31. The third-order valence-corrected chi connectivity index (χ3v) is 5.18. The van der Waals surface area contributed by atoms with Gasteiger partial charge in [-0.1, -0.05) is 23.2 Å². The molecule has 0 radical (unpaired) electrons. The lowest BCUT2D eigenvalue weighted by Gasteiger charge is -2.11. The first kappa shape index (κ1) is 22.9. The van der Waals surface area contributed by atoms with E-state index in [0.717, 1.165) is 6.07 Å². The van der Waals surface area contributed by atoms with Crippen molar-refractivity contribution in [2.45, 2.75) is 19.1 Å². The zero-order chi connectivity index (χ0) is 23.9. The molecule has 0 aliphatic rings. The summed E-state index contributed by atoms with van der Waals surface area (Å²) in [6, 6.07) is 3.35. The summed E-state index contributed by atoms with van der Waals surface area (Å²) in [6.45, 7) is -0.203. The van der Waals surface area contributed by atoms with Crippen LogP contribution in [-0.4, -0.2) is 39.3 Å². The molecule has 3 heterocycles. The predicted molar refractivity (Wildman–Crippen MR) is 111 cm³/mol. The summed E-state index contributed by atoms with van der Waals surface area (Å²) in [5, 5.41) is 6.98. The molecule has 0 unspecified atom stereocenters. The summed E-state index contributed by atoms with van der Waals surface area (Å²) in [4.78, 5) is 29.1. The molecule has 172 valence electrons. The van der Waals surface area contributed by atoms with Crippen LogP contribution in [0.4, 0.5) is 13.2 Å². The van der Waals surface area contributed by atoms with Crippen LogP contribution in [0.5, 0.6) is 0 Å². The number of carbonyl (C=O) groups excluding carboxylic acids is 2. The molecule has 0 bridgehead atoms. The number of alkyl halides is 3. The van der Waals surface area contributed by atoms with Crippen LogP contribution in [0.2, 0.25) is 10.0 Å². The molecule has 0 aliphatic carbocycles. The second-order valence-electron chi connectivity index (χ2n) is 6.94. The van der Waals surface area contributed by atoms with Gasteiger partial charge in [-0.25, -0.2) is 14.3 Å². The highest BCUT2D eigenvalue weighted by molar-refractivity contribution is 6.38. The first-order valence-electron chi connectivity index (χ1n) is 9.29. The number of nitrogens with zero attached hydrogens (tertiary/aromatic N) is 3. The minimum Gasteiger partial charge on any atom is -0.456 e. The van der Waals surface area contributed by atoms with E-state index in [9.17, 15) is 22.8 Å². The van der Waals surface area contributed by atoms with Crippen LogP contribution in [0.1, 0.15) is 39.4 Å². The first-order chi connectivity index (χ1) is 15.5. The van der Waals surface area contributed by atoms with Gasteiger partial charge in [0.1, 0.15) is 16.9 Å². The molecule has 4 aromatic rings. The SMILES string of the molecule is C[C@H](NC(=O)c1cnn2cccnc12)c1oc2c(C(=O)OCC(F)(F)F)cc(Cl)cc2c1Cl. The number of hydrogen-bond donors (Lipinski definition) is 1. The number of amides is 1. The fraction of sp³-hybridized carbons (Fsp3) is 0.200. The van der Waals surface area contributed by atoms with E-state index >= 15 is 0 Å². The zero-order valence-electron chi connectivity index (χ0n) is 16.6. The average Bonchev–Trinajstić information content (AvgIpc) is 3.32. The predicted octanol–water partition coefficient (Wildman–Crippen LogP) is 4.99. The highest BCUT2D eigenvalue weighted by atomic mass is 35.5. The van der Waals surface area contributed by atoms with Crippen LogP contribution in [0.25, 0.3) is 16.6 Å². The van der Waals surface area contributed by atoms with E-state index in [1.54, 1.807) is 19.2 Å². The molecule has 33 heavy (non-hydrogen) atoms. The topological polar surface area (TPSA) is 98.7 Å². The second-order valence-corrected chi connectivity index (χ2v) is 7.76. The smallest absolute Gasteiger partial charge is 0.422 e. The van der Waals surface area contributed by atoms with Crippen LogP contribution in [-0.2, 0) is 4.74 Å². The zero-order valence-corrected chi connectivity index (χ0v) is 18.1. The number of rotatable bonds is 5. The normalized spacial score (nSPS) is 12.8. The van der Waals surface area contributed by atoms with Crippen molar-refractivity contribution in [1.82, 2.24) is 19.9 Å². The molecular weight excluding hydrogens is 488 g/mol. The number of benzene rings is 1. The largest absolute Gasteiger partial charge is 0.456 e. The summed E-state index contributed by atoms with van der Waals surface area (Å²) in [6.07, 6.45) is -0.220. The molecule has 1 aromatic carbocycles. The van der Waals surface area contributed by atoms with Crippen molar-refractivity contribution in [3.05, 3.63) is 63.7 Å². The number of carbonyl (C=O) groups is 2.